The summed E-state index contributed by atoms with van der Waals surface area (Å²) in [6.45, 7) is 5.16. The molecule has 0 radical (unpaired) electrons. The van der Waals surface area contributed by atoms with Crippen LogP contribution in [-0.2, 0) is 17.3 Å². The van der Waals surface area contributed by atoms with Gasteiger partial charge < -0.3 is 9.84 Å². The highest BCUT2D eigenvalue weighted by molar-refractivity contribution is 7.13. The van der Waals surface area contributed by atoms with E-state index < -0.39 is 11.4 Å². The van der Waals surface area contributed by atoms with Gasteiger partial charge in [0.2, 0.25) is 5.88 Å². The number of hydrogen-bond donors (Lipinski definition) is 1. The van der Waals surface area contributed by atoms with Crippen LogP contribution in [0.25, 0.3) is 10.6 Å². The molecule has 0 atom stereocenters. The van der Waals surface area contributed by atoms with Crippen LogP contribution < -0.4 is 4.74 Å². The monoisotopic (exact) mass is 295 g/mol. The highest BCUT2D eigenvalue weighted by Gasteiger charge is 2.33. The number of rotatable bonds is 4. The largest absolute Gasteiger partial charge is 0.481 e. The number of carboxylic acids is 1. The highest BCUT2D eigenvalue weighted by Crippen LogP contribution is 2.36. The van der Waals surface area contributed by atoms with Crippen molar-refractivity contribution in [1.29, 1.82) is 0 Å². The minimum atomic E-state index is -1.02. The lowest BCUT2D eigenvalue weighted by Gasteiger charge is -2.15. The van der Waals surface area contributed by atoms with E-state index in [0.29, 0.717) is 11.6 Å². The van der Waals surface area contributed by atoms with Gasteiger partial charge in [-0.25, -0.2) is 9.67 Å². The summed E-state index contributed by atoms with van der Waals surface area (Å²) >= 11 is 1.40. The lowest BCUT2D eigenvalue weighted by Crippen LogP contribution is -2.28. The topological polar surface area (TPSA) is 77.2 Å². The van der Waals surface area contributed by atoms with Gasteiger partial charge in [0.05, 0.1) is 24.1 Å². The molecule has 0 aliphatic rings. The summed E-state index contributed by atoms with van der Waals surface area (Å²) in [6, 6.07) is 0. The van der Waals surface area contributed by atoms with Crippen LogP contribution in [0.1, 0.15) is 25.2 Å². The first-order valence-corrected chi connectivity index (χ1v) is 6.94. The van der Waals surface area contributed by atoms with E-state index in [1.807, 2.05) is 6.92 Å². The average Bonchev–Trinajstić information content (AvgIpc) is 2.93. The molecule has 7 heteroatoms. The fourth-order valence-electron chi connectivity index (χ4n) is 1.90. The Morgan fingerprint density at radius 2 is 2.15 bits per heavy atom. The van der Waals surface area contributed by atoms with Crippen molar-refractivity contribution < 1.29 is 14.6 Å². The Labute approximate surface area is 121 Å². The first-order chi connectivity index (χ1) is 9.28. The van der Waals surface area contributed by atoms with E-state index in [9.17, 15) is 9.90 Å². The molecule has 6 nitrogen and oxygen atoms in total. The van der Waals surface area contributed by atoms with Gasteiger partial charge in [-0.05, 0) is 20.8 Å². The van der Waals surface area contributed by atoms with Gasteiger partial charge in [-0.1, -0.05) is 0 Å². The van der Waals surface area contributed by atoms with Crippen molar-refractivity contribution >= 4 is 17.3 Å². The van der Waals surface area contributed by atoms with E-state index in [2.05, 4.69) is 10.1 Å². The molecule has 0 saturated carbocycles. The fourth-order valence-corrected chi connectivity index (χ4v) is 2.98. The summed E-state index contributed by atoms with van der Waals surface area (Å²) in [5.74, 6) is -0.277. The van der Waals surface area contributed by atoms with E-state index in [4.69, 9.17) is 4.74 Å². The van der Waals surface area contributed by atoms with Gasteiger partial charge >= 0.3 is 5.97 Å². The van der Waals surface area contributed by atoms with Gasteiger partial charge in [-0.3, -0.25) is 4.79 Å². The molecule has 2 rings (SSSR count). The Bertz CT molecular complexity index is 658. The van der Waals surface area contributed by atoms with Gasteiger partial charge in [0.15, 0.2) is 0 Å². The third-order valence-corrected chi connectivity index (χ3v) is 4.12. The van der Waals surface area contributed by atoms with Gasteiger partial charge in [0, 0.05) is 12.4 Å². The lowest BCUT2D eigenvalue weighted by molar-refractivity contribution is -0.142. The van der Waals surface area contributed by atoms with Crippen LogP contribution in [-0.4, -0.2) is 33.0 Å². The van der Waals surface area contributed by atoms with Crippen molar-refractivity contribution in [3.05, 3.63) is 16.8 Å². The van der Waals surface area contributed by atoms with Gasteiger partial charge in [0.1, 0.15) is 10.4 Å². The highest BCUT2D eigenvalue weighted by atomic mass is 32.1. The zero-order valence-electron chi connectivity index (χ0n) is 12.1. The summed E-state index contributed by atoms with van der Waals surface area (Å²) in [4.78, 5) is 15.7. The molecule has 1 N–H and O–H groups in total. The third kappa shape index (κ3) is 2.18. The summed E-state index contributed by atoms with van der Waals surface area (Å²) in [7, 11) is 3.38. The predicted octanol–water partition coefficient (Wildman–Crippen LogP) is 2.22. The molecule has 2 aromatic rings. The molecule has 0 fully saturated rings. The molecule has 0 aliphatic carbocycles. The molecule has 0 saturated heterocycles. The van der Waals surface area contributed by atoms with E-state index in [1.54, 1.807) is 38.1 Å². The zero-order chi connectivity index (χ0) is 15.1. The molecular weight excluding hydrogens is 278 g/mol. The summed E-state index contributed by atoms with van der Waals surface area (Å²) in [6.07, 6.45) is 0. The van der Waals surface area contributed by atoms with Crippen LogP contribution in [0.5, 0.6) is 5.88 Å². The van der Waals surface area contributed by atoms with E-state index in [-0.39, 0.29) is 0 Å². The molecule has 0 amide bonds. The molecule has 2 aromatic heterocycles. The van der Waals surface area contributed by atoms with Crippen LogP contribution in [0.4, 0.5) is 0 Å². The number of carbonyl (C=O) groups is 1. The van der Waals surface area contributed by atoms with Crippen LogP contribution >= 0.6 is 11.3 Å². The van der Waals surface area contributed by atoms with Crippen LogP contribution in [0.15, 0.2) is 5.38 Å². The molecule has 108 valence electrons. The number of hydrogen-bond acceptors (Lipinski definition) is 5. The zero-order valence-corrected chi connectivity index (χ0v) is 12.9. The fraction of sp³-hybridized carbons (Fsp3) is 0.462. The second-order valence-electron chi connectivity index (χ2n) is 5.06. The number of nitrogens with zero attached hydrogens (tertiary/aromatic N) is 3. The number of thiazole rings is 1. The van der Waals surface area contributed by atoms with Crippen molar-refractivity contribution in [3.8, 4) is 16.5 Å². The smallest absolute Gasteiger partial charge is 0.315 e. The third-order valence-electron chi connectivity index (χ3n) is 3.26. The van der Waals surface area contributed by atoms with Crippen LogP contribution in [0, 0.1) is 6.92 Å². The maximum Gasteiger partial charge on any atom is 0.315 e. The number of aryl methyl sites for hydroxylation is 2. The first kappa shape index (κ1) is 14.5. The SMILES string of the molecule is COc1c(-c2nc(C(C)(C)C(=O)O)cs2)c(C)nn1C. The summed E-state index contributed by atoms with van der Waals surface area (Å²) in [5, 5.41) is 16.1. The molecule has 0 aliphatic heterocycles. The van der Waals surface area contributed by atoms with E-state index in [0.717, 1.165) is 16.3 Å². The maximum atomic E-state index is 11.3. The quantitative estimate of drug-likeness (QED) is 0.936. The Hall–Kier alpha value is -1.89. The number of aromatic nitrogens is 3. The normalized spacial score (nSPS) is 11.7. The number of ether oxygens (including phenoxy) is 1. The molecule has 0 unspecified atom stereocenters. The Morgan fingerprint density at radius 1 is 1.50 bits per heavy atom. The van der Waals surface area contributed by atoms with Crippen molar-refractivity contribution in [2.24, 2.45) is 7.05 Å². The molecule has 20 heavy (non-hydrogen) atoms. The van der Waals surface area contributed by atoms with Gasteiger partial charge in [0.25, 0.3) is 0 Å². The second kappa shape index (κ2) is 4.90. The van der Waals surface area contributed by atoms with Crippen molar-refractivity contribution in [3.63, 3.8) is 0 Å². The van der Waals surface area contributed by atoms with Crippen molar-refractivity contribution in [1.82, 2.24) is 14.8 Å². The van der Waals surface area contributed by atoms with Crippen molar-refractivity contribution in [2.75, 3.05) is 7.11 Å². The standard InChI is InChI=1S/C13H17N3O3S/c1-7-9(11(19-5)16(4)15-7)10-14-8(6-20-10)13(2,3)12(17)18/h6H,1-5H3,(H,17,18). The number of carboxylic acid groups (broad SMARTS) is 1. The number of aliphatic carboxylic acids is 1. The van der Waals surface area contributed by atoms with Crippen LogP contribution in [0.3, 0.4) is 0 Å². The molecule has 0 spiro atoms. The Morgan fingerprint density at radius 3 is 2.70 bits per heavy atom. The molecule has 0 aromatic carbocycles. The Kier molecular flexibility index (Phi) is 3.56. The minimum Gasteiger partial charge on any atom is -0.481 e. The molecule has 2 heterocycles. The molecule has 0 bridgehead atoms. The number of methoxy groups -OCH3 is 1. The van der Waals surface area contributed by atoms with E-state index in [1.165, 1.54) is 11.3 Å². The first-order valence-electron chi connectivity index (χ1n) is 6.06. The van der Waals surface area contributed by atoms with E-state index >= 15 is 0 Å². The van der Waals surface area contributed by atoms with Crippen LogP contribution in [0.2, 0.25) is 0 Å². The van der Waals surface area contributed by atoms with Gasteiger partial charge in [-0.15, -0.1) is 11.3 Å². The minimum absolute atomic E-state index is 0.537. The lowest BCUT2D eigenvalue weighted by atomic mass is 9.90. The maximum absolute atomic E-state index is 11.3. The van der Waals surface area contributed by atoms with Crippen molar-refractivity contribution in [2.45, 2.75) is 26.2 Å². The summed E-state index contributed by atoms with van der Waals surface area (Å²) in [5.41, 5.74) is 1.14. The summed E-state index contributed by atoms with van der Waals surface area (Å²) < 4.78 is 6.99. The second-order valence-corrected chi connectivity index (χ2v) is 5.92. The molecular formula is C13H17N3O3S. The Balaban J connectivity index is 2.52. The predicted molar refractivity (Wildman–Crippen MR) is 76.3 cm³/mol. The average molecular weight is 295 g/mol. The van der Waals surface area contributed by atoms with Gasteiger partial charge in [-0.2, -0.15) is 5.10 Å².